The Hall–Kier alpha value is -1.39. The highest BCUT2D eigenvalue weighted by molar-refractivity contribution is 6.36. The molecule has 0 aliphatic heterocycles. The molecule has 4 nitrogen and oxygen atoms in total. The number of pyridine rings is 1. The summed E-state index contributed by atoms with van der Waals surface area (Å²) in [6, 6.07) is 4.51. The van der Waals surface area contributed by atoms with Gasteiger partial charge in [0, 0.05) is 17.5 Å². The van der Waals surface area contributed by atoms with Crippen LogP contribution in [0.1, 0.15) is 12.5 Å². The molecule has 0 saturated carbocycles. The molecule has 1 aromatic heterocycles. The van der Waals surface area contributed by atoms with E-state index in [4.69, 9.17) is 23.2 Å². The molecule has 0 saturated heterocycles. The summed E-state index contributed by atoms with van der Waals surface area (Å²) in [5.41, 5.74) is 1.28. The van der Waals surface area contributed by atoms with Crippen LogP contribution in [0.4, 0.5) is 5.69 Å². The maximum Gasteiger partial charge on any atom is 0.271 e. The van der Waals surface area contributed by atoms with Crippen molar-refractivity contribution in [1.29, 1.82) is 0 Å². The highest BCUT2D eigenvalue weighted by atomic mass is 35.5. The van der Waals surface area contributed by atoms with Crippen LogP contribution < -0.4 is 0 Å². The first-order valence-corrected chi connectivity index (χ1v) is 5.71. The number of nitrogens with zero attached hydrogens (tertiary/aromatic N) is 2. The van der Waals surface area contributed by atoms with Crippen molar-refractivity contribution < 1.29 is 4.92 Å². The molecule has 0 aliphatic carbocycles. The first kappa shape index (κ1) is 12.1. The quantitative estimate of drug-likeness (QED) is 0.471. The van der Waals surface area contributed by atoms with Crippen LogP contribution in [0.2, 0.25) is 10.2 Å². The van der Waals surface area contributed by atoms with Gasteiger partial charge >= 0.3 is 0 Å². The first-order chi connectivity index (χ1) is 8.02. The predicted octanol–water partition coefficient (Wildman–Crippen LogP) is 4.01. The number of halogens is 2. The maximum absolute atomic E-state index is 10.7. The van der Waals surface area contributed by atoms with Gasteiger partial charge in [-0.1, -0.05) is 30.1 Å². The number of non-ortho nitro benzene ring substituents is 1. The van der Waals surface area contributed by atoms with Gasteiger partial charge in [-0.15, -0.1) is 0 Å². The third-order valence-electron chi connectivity index (χ3n) is 2.47. The third-order valence-corrected chi connectivity index (χ3v) is 3.09. The molecule has 0 fully saturated rings. The smallest absolute Gasteiger partial charge is 0.258 e. The molecule has 88 valence electrons. The Morgan fingerprint density at radius 3 is 2.65 bits per heavy atom. The molecule has 0 amide bonds. The lowest BCUT2D eigenvalue weighted by Crippen LogP contribution is -1.92. The lowest BCUT2D eigenvalue weighted by Gasteiger charge is -2.05. The van der Waals surface area contributed by atoms with Crippen LogP contribution in [0.3, 0.4) is 0 Å². The summed E-state index contributed by atoms with van der Waals surface area (Å²) in [7, 11) is 0. The second-order valence-corrected chi connectivity index (χ2v) is 4.31. The van der Waals surface area contributed by atoms with E-state index in [1.54, 1.807) is 6.07 Å². The van der Waals surface area contributed by atoms with Crippen molar-refractivity contribution in [3.05, 3.63) is 44.1 Å². The predicted molar refractivity (Wildman–Crippen MR) is 67.8 cm³/mol. The minimum absolute atomic E-state index is 0.0475. The van der Waals surface area contributed by atoms with Crippen molar-refractivity contribution in [3.8, 4) is 0 Å². The molecule has 0 N–H and O–H groups in total. The van der Waals surface area contributed by atoms with Crippen molar-refractivity contribution in [2.75, 3.05) is 0 Å². The second kappa shape index (κ2) is 4.47. The van der Waals surface area contributed by atoms with E-state index in [-0.39, 0.29) is 10.7 Å². The van der Waals surface area contributed by atoms with E-state index in [0.29, 0.717) is 22.5 Å². The molecular weight excluding hydrogens is 263 g/mol. The lowest BCUT2D eigenvalue weighted by molar-refractivity contribution is -0.384. The van der Waals surface area contributed by atoms with Crippen molar-refractivity contribution >= 4 is 39.8 Å². The van der Waals surface area contributed by atoms with Crippen molar-refractivity contribution in [3.63, 3.8) is 0 Å². The van der Waals surface area contributed by atoms with E-state index in [1.165, 1.54) is 12.1 Å². The monoisotopic (exact) mass is 270 g/mol. The fraction of sp³-hybridized carbons (Fsp3) is 0.182. The summed E-state index contributed by atoms with van der Waals surface area (Å²) in [6.45, 7) is 1.94. The highest BCUT2D eigenvalue weighted by Gasteiger charge is 2.13. The number of nitro groups is 1. The number of hydrogen-bond donors (Lipinski definition) is 0. The van der Waals surface area contributed by atoms with Crippen LogP contribution in [-0.2, 0) is 6.42 Å². The Balaban J connectivity index is 2.78. The average molecular weight is 271 g/mol. The molecule has 0 unspecified atom stereocenters. The van der Waals surface area contributed by atoms with Gasteiger partial charge in [0.25, 0.3) is 5.69 Å². The van der Waals surface area contributed by atoms with Gasteiger partial charge < -0.3 is 0 Å². The van der Waals surface area contributed by atoms with E-state index >= 15 is 0 Å². The zero-order valence-electron chi connectivity index (χ0n) is 8.91. The Bertz CT molecular complexity index is 614. The topological polar surface area (TPSA) is 56.0 Å². The van der Waals surface area contributed by atoms with Gasteiger partial charge in [0.2, 0.25) is 0 Å². The number of benzene rings is 1. The van der Waals surface area contributed by atoms with E-state index in [9.17, 15) is 10.1 Å². The molecule has 1 aromatic carbocycles. The van der Waals surface area contributed by atoms with Gasteiger partial charge in [0.05, 0.1) is 15.5 Å². The van der Waals surface area contributed by atoms with Crippen LogP contribution in [0.5, 0.6) is 0 Å². The van der Waals surface area contributed by atoms with Crippen molar-refractivity contribution in [1.82, 2.24) is 4.98 Å². The first-order valence-electron chi connectivity index (χ1n) is 4.96. The Labute approximate surface area is 107 Å². The fourth-order valence-electron chi connectivity index (χ4n) is 1.60. The van der Waals surface area contributed by atoms with Crippen molar-refractivity contribution in [2.45, 2.75) is 13.3 Å². The minimum atomic E-state index is -0.481. The number of nitro benzene ring substituents is 1. The van der Waals surface area contributed by atoms with Gasteiger partial charge in [-0.05, 0) is 18.1 Å². The minimum Gasteiger partial charge on any atom is -0.258 e. The van der Waals surface area contributed by atoms with Gasteiger partial charge in [-0.25, -0.2) is 4.98 Å². The number of aromatic nitrogens is 1. The normalized spacial score (nSPS) is 10.8. The average Bonchev–Trinajstić information content (AvgIpc) is 2.29. The molecule has 6 heteroatoms. The van der Waals surface area contributed by atoms with Crippen LogP contribution in [0.15, 0.2) is 18.2 Å². The fourth-order valence-corrected chi connectivity index (χ4v) is 2.14. The summed E-state index contributed by atoms with van der Waals surface area (Å²) in [4.78, 5) is 14.4. The number of rotatable bonds is 2. The Morgan fingerprint density at radius 2 is 2.06 bits per heavy atom. The lowest BCUT2D eigenvalue weighted by atomic mass is 10.1. The van der Waals surface area contributed by atoms with E-state index in [0.717, 1.165) is 5.56 Å². The molecule has 17 heavy (non-hydrogen) atoms. The van der Waals surface area contributed by atoms with Crippen molar-refractivity contribution in [2.24, 2.45) is 0 Å². The van der Waals surface area contributed by atoms with Gasteiger partial charge in [0.1, 0.15) is 5.15 Å². The molecule has 0 bridgehead atoms. The van der Waals surface area contributed by atoms with E-state index < -0.39 is 4.92 Å². The maximum atomic E-state index is 10.7. The number of fused-ring (bicyclic) bond motifs is 1. The molecule has 0 atom stereocenters. The summed E-state index contributed by atoms with van der Waals surface area (Å²) < 4.78 is 0. The zero-order chi connectivity index (χ0) is 12.6. The molecule has 1 heterocycles. The molecular formula is C11H8Cl2N2O2. The molecule has 0 radical (unpaired) electrons. The van der Waals surface area contributed by atoms with Crippen LogP contribution in [0.25, 0.3) is 10.9 Å². The van der Waals surface area contributed by atoms with Crippen LogP contribution in [0, 0.1) is 10.1 Å². The largest absolute Gasteiger partial charge is 0.271 e. The summed E-state index contributed by atoms with van der Waals surface area (Å²) in [6.07, 6.45) is 0.710. The van der Waals surface area contributed by atoms with E-state index in [1.807, 2.05) is 6.92 Å². The summed E-state index contributed by atoms with van der Waals surface area (Å²) in [5.74, 6) is 0. The molecule has 0 aliphatic rings. The van der Waals surface area contributed by atoms with Crippen LogP contribution >= 0.6 is 23.2 Å². The van der Waals surface area contributed by atoms with E-state index in [2.05, 4.69) is 4.98 Å². The Morgan fingerprint density at radius 1 is 1.35 bits per heavy atom. The number of aryl methyl sites for hydroxylation is 1. The highest BCUT2D eigenvalue weighted by Crippen LogP contribution is 2.30. The van der Waals surface area contributed by atoms with Crippen LogP contribution in [-0.4, -0.2) is 9.91 Å². The molecule has 2 rings (SSSR count). The summed E-state index contributed by atoms with van der Waals surface area (Å²) >= 11 is 11.9. The van der Waals surface area contributed by atoms with Gasteiger partial charge in [0.15, 0.2) is 0 Å². The third kappa shape index (κ3) is 2.18. The summed E-state index contributed by atoms with van der Waals surface area (Å²) in [5, 5.41) is 12.0. The standard InChI is InChI=1S/C11H8Cl2N2O2/c1-2-6-3-7-4-8(15(16)17)5-9(12)10(7)14-11(6)13/h3-5H,2H2,1H3. The zero-order valence-corrected chi connectivity index (χ0v) is 10.4. The molecule has 0 spiro atoms. The SMILES string of the molecule is CCc1cc2cc([N+](=O)[O-])cc(Cl)c2nc1Cl. The van der Waals surface area contributed by atoms with Gasteiger partial charge in [-0.2, -0.15) is 0 Å². The number of hydrogen-bond acceptors (Lipinski definition) is 3. The van der Waals surface area contributed by atoms with Gasteiger partial charge in [-0.3, -0.25) is 10.1 Å². The second-order valence-electron chi connectivity index (χ2n) is 3.55. The Kier molecular flexibility index (Phi) is 3.17. The molecule has 2 aromatic rings.